The molecule has 118 valence electrons. The van der Waals surface area contributed by atoms with Gasteiger partial charge in [-0.3, -0.25) is 0 Å². The summed E-state index contributed by atoms with van der Waals surface area (Å²) >= 11 is 0. The SMILES string of the molecule is COCOCc1cnc2nc(N)nc(N)c2c1-c1ccccc1. The summed E-state index contributed by atoms with van der Waals surface area (Å²) in [4.78, 5) is 12.6. The Morgan fingerprint density at radius 1 is 1.09 bits per heavy atom. The van der Waals surface area contributed by atoms with Crippen LogP contribution in [-0.2, 0) is 16.1 Å². The third kappa shape index (κ3) is 3.05. The first kappa shape index (κ1) is 15.1. The molecule has 23 heavy (non-hydrogen) atoms. The molecular weight excluding hydrogens is 294 g/mol. The molecule has 0 saturated carbocycles. The number of aromatic nitrogens is 3. The van der Waals surface area contributed by atoms with Crippen molar-refractivity contribution in [3.05, 3.63) is 42.1 Å². The summed E-state index contributed by atoms with van der Waals surface area (Å²) in [5, 5.41) is 0.670. The van der Waals surface area contributed by atoms with Crippen LogP contribution in [0.5, 0.6) is 0 Å². The highest BCUT2D eigenvalue weighted by Gasteiger charge is 2.16. The van der Waals surface area contributed by atoms with Gasteiger partial charge >= 0.3 is 0 Å². The quantitative estimate of drug-likeness (QED) is 0.547. The second kappa shape index (κ2) is 6.55. The van der Waals surface area contributed by atoms with E-state index in [1.807, 2.05) is 30.3 Å². The first-order valence-electron chi connectivity index (χ1n) is 7.03. The van der Waals surface area contributed by atoms with Crippen LogP contribution in [-0.4, -0.2) is 28.9 Å². The molecule has 0 bridgehead atoms. The smallest absolute Gasteiger partial charge is 0.224 e. The van der Waals surface area contributed by atoms with E-state index >= 15 is 0 Å². The molecule has 0 spiro atoms. The van der Waals surface area contributed by atoms with E-state index in [2.05, 4.69) is 15.0 Å². The minimum Gasteiger partial charge on any atom is -0.383 e. The van der Waals surface area contributed by atoms with Crippen molar-refractivity contribution in [1.82, 2.24) is 15.0 Å². The standard InChI is InChI=1S/C16H17N5O2/c1-22-9-23-8-11-7-19-15-13(14(17)20-16(18)21-15)12(11)10-5-3-2-4-6-10/h2-7H,8-9H2,1H3,(H4,17,18,19,20,21). The average Bonchev–Trinajstić information content (AvgIpc) is 2.55. The third-order valence-electron chi connectivity index (χ3n) is 3.37. The number of nitrogens with zero attached hydrogens (tertiary/aromatic N) is 3. The van der Waals surface area contributed by atoms with Crippen LogP contribution in [0.25, 0.3) is 22.2 Å². The van der Waals surface area contributed by atoms with Crippen LogP contribution in [0.3, 0.4) is 0 Å². The van der Waals surface area contributed by atoms with Gasteiger partial charge in [0.15, 0.2) is 5.65 Å². The van der Waals surface area contributed by atoms with E-state index in [4.69, 9.17) is 20.9 Å². The van der Waals surface area contributed by atoms with E-state index in [9.17, 15) is 0 Å². The molecule has 2 aromatic heterocycles. The van der Waals surface area contributed by atoms with E-state index in [1.165, 1.54) is 0 Å². The summed E-state index contributed by atoms with van der Waals surface area (Å²) in [6.07, 6.45) is 1.71. The number of nitrogens with two attached hydrogens (primary N) is 2. The molecule has 3 aromatic rings. The summed E-state index contributed by atoms with van der Waals surface area (Å²) in [6, 6.07) is 9.84. The zero-order chi connectivity index (χ0) is 16.2. The summed E-state index contributed by atoms with van der Waals surface area (Å²) < 4.78 is 10.4. The van der Waals surface area contributed by atoms with Crippen molar-refractivity contribution in [2.24, 2.45) is 0 Å². The van der Waals surface area contributed by atoms with E-state index in [0.717, 1.165) is 16.7 Å². The van der Waals surface area contributed by atoms with E-state index < -0.39 is 0 Å². The van der Waals surface area contributed by atoms with Crippen molar-refractivity contribution in [2.75, 3.05) is 25.4 Å². The van der Waals surface area contributed by atoms with Gasteiger partial charge in [0.2, 0.25) is 5.95 Å². The van der Waals surface area contributed by atoms with Gasteiger partial charge in [0.25, 0.3) is 0 Å². The Hall–Kier alpha value is -2.77. The molecule has 1 aromatic carbocycles. The van der Waals surface area contributed by atoms with Crippen LogP contribution in [0.15, 0.2) is 36.5 Å². The van der Waals surface area contributed by atoms with Gasteiger partial charge in [-0.05, 0) is 5.56 Å². The zero-order valence-corrected chi connectivity index (χ0v) is 12.7. The largest absolute Gasteiger partial charge is 0.383 e. The van der Waals surface area contributed by atoms with Crippen molar-refractivity contribution < 1.29 is 9.47 Å². The highest BCUT2D eigenvalue weighted by molar-refractivity contribution is 6.01. The molecule has 0 unspecified atom stereocenters. The normalized spacial score (nSPS) is 11.0. The lowest BCUT2D eigenvalue weighted by atomic mass is 9.98. The van der Waals surface area contributed by atoms with Gasteiger partial charge < -0.3 is 20.9 Å². The van der Waals surface area contributed by atoms with Crippen molar-refractivity contribution in [3.8, 4) is 11.1 Å². The highest BCUT2D eigenvalue weighted by atomic mass is 16.7. The third-order valence-corrected chi connectivity index (χ3v) is 3.37. The molecule has 0 aliphatic carbocycles. The summed E-state index contributed by atoms with van der Waals surface area (Å²) in [5.41, 5.74) is 15.0. The van der Waals surface area contributed by atoms with Gasteiger partial charge in [0, 0.05) is 24.4 Å². The lowest BCUT2D eigenvalue weighted by Gasteiger charge is -2.14. The number of methoxy groups -OCH3 is 1. The molecule has 0 saturated heterocycles. The molecule has 4 N–H and O–H groups in total. The minimum atomic E-state index is 0.102. The molecule has 0 fully saturated rings. The molecule has 7 heteroatoms. The molecule has 7 nitrogen and oxygen atoms in total. The maximum absolute atomic E-state index is 6.08. The van der Waals surface area contributed by atoms with Crippen molar-refractivity contribution in [3.63, 3.8) is 0 Å². The predicted octanol–water partition coefficient (Wildman–Crippen LogP) is 1.98. The maximum Gasteiger partial charge on any atom is 0.224 e. The van der Waals surface area contributed by atoms with Crippen molar-refractivity contribution in [2.45, 2.75) is 6.61 Å². The van der Waals surface area contributed by atoms with Crippen LogP contribution in [0.4, 0.5) is 11.8 Å². The lowest BCUT2D eigenvalue weighted by Crippen LogP contribution is -2.06. The second-order valence-corrected chi connectivity index (χ2v) is 4.95. The molecule has 0 amide bonds. The Bertz CT molecular complexity index is 824. The molecular formula is C16H17N5O2. The van der Waals surface area contributed by atoms with Crippen LogP contribution in [0, 0.1) is 0 Å². The first-order chi connectivity index (χ1) is 11.2. The fourth-order valence-corrected chi connectivity index (χ4v) is 2.46. The Balaban J connectivity index is 2.23. The summed E-state index contributed by atoms with van der Waals surface area (Å²) in [7, 11) is 1.57. The summed E-state index contributed by atoms with van der Waals surface area (Å²) in [6.45, 7) is 0.533. The monoisotopic (exact) mass is 311 g/mol. The number of nitrogen functional groups attached to an aromatic ring is 2. The van der Waals surface area contributed by atoms with Gasteiger partial charge in [0.1, 0.15) is 12.6 Å². The first-order valence-corrected chi connectivity index (χ1v) is 7.03. The number of anilines is 2. The molecule has 0 radical (unpaired) electrons. The second-order valence-electron chi connectivity index (χ2n) is 4.95. The van der Waals surface area contributed by atoms with Gasteiger partial charge in [-0.15, -0.1) is 0 Å². The number of pyridine rings is 1. The highest BCUT2D eigenvalue weighted by Crippen LogP contribution is 2.33. The summed E-state index contributed by atoms with van der Waals surface area (Å²) in [5.74, 6) is 0.400. The Kier molecular flexibility index (Phi) is 4.31. The van der Waals surface area contributed by atoms with Crippen molar-refractivity contribution in [1.29, 1.82) is 0 Å². The molecule has 3 rings (SSSR count). The van der Waals surface area contributed by atoms with E-state index in [1.54, 1.807) is 13.3 Å². The van der Waals surface area contributed by atoms with Crippen LogP contribution in [0.2, 0.25) is 0 Å². The van der Waals surface area contributed by atoms with Crippen LogP contribution in [0.1, 0.15) is 5.56 Å². The Morgan fingerprint density at radius 2 is 1.87 bits per heavy atom. The fourth-order valence-electron chi connectivity index (χ4n) is 2.46. The van der Waals surface area contributed by atoms with Crippen LogP contribution < -0.4 is 11.5 Å². The van der Waals surface area contributed by atoms with Gasteiger partial charge in [-0.25, -0.2) is 4.98 Å². The molecule has 0 aliphatic rings. The zero-order valence-electron chi connectivity index (χ0n) is 12.7. The van der Waals surface area contributed by atoms with Crippen molar-refractivity contribution >= 4 is 22.8 Å². The number of hydrogen-bond acceptors (Lipinski definition) is 7. The topological polar surface area (TPSA) is 109 Å². The van der Waals surface area contributed by atoms with Crippen LogP contribution >= 0.6 is 0 Å². The van der Waals surface area contributed by atoms with Gasteiger partial charge in [0.05, 0.1) is 12.0 Å². The molecule has 0 aliphatic heterocycles. The minimum absolute atomic E-state index is 0.102. The maximum atomic E-state index is 6.08. The van der Waals surface area contributed by atoms with E-state index in [-0.39, 0.29) is 12.7 Å². The number of ether oxygens (including phenoxy) is 2. The Morgan fingerprint density at radius 3 is 2.61 bits per heavy atom. The number of fused-ring (bicyclic) bond motifs is 1. The number of hydrogen-bond donors (Lipinski definition) is 2. The van der Waals surface area contributed by atoms with E-state index in [0.29, 0.717) is 23.5 Å². The molecule has 2 heterocycles. The molecule has 0 atom stereocenters. The van der Waals surface area contributed by atoms with Gasteiger partial charge in [-0.1, -0.05) is 30.3 Å². The Labute approximate surface area is 133 Å². The van der Waals surface area contributed by atoms with Gasteiger partial charge in [-0.2, -0.15) is 9.97 Å². The number of benzene rings is 1. The number of rotatable bonds is 5. The lowest BCUT2D eigenvalue weighted by molar-refractivity contribution is -0.0389. The predicted molar refractivity (Wildman–Crippen MR) is 88.3 cm³/mol. The fraction of sp³-hybridized carbons (Fsp3) is 0.188. The average molecular weight is 311 g/mol.